The summed E-state index contributed by atoms with van der Waals surface area (Å²) in [5.41, 5.74) is 1.08. The highest BCUT2D eigenvalue weighted by Gasteiger charge is 2.09. The number of rotatable bonds is 4. The lowest BCUT2D eigenvalue weighted by Crippen LogP contribution is -2.17. The molecule has 2 aromatic rings. The van der Waals surface area contributed by atoms with Gasteiger partial charge in [0.1, 0.15) is 0 Å². The molecule has 1 heterocycles. The second kappa shape index (κ2) is 5.87. The van der Waals surface area contributed by atoms with E-state index in [-0.39, 0.29) is 6.04 Å². The van der Waals surface area contributed by atoms with E-state index in [0.717, 1.165) is 12.1 Å². The van der Waals surface area contributed by atoms with Crippen LogP contribution in [0.2, 0.25) is 10.0 Å². The van der Waals surface area contributed by atoms with Gasteiger partial charge >= 0.3 is 0 Å². The summed E-state index contributed by atoms with van der Waals surface area (Å²) in [7, 11) is 0. The van der Waals surface area contributed by atoms with Gasteiger partial charge in [0.25, 0.3) is 0 Å². The summed E-state index contributed by atoms with van der Waals surface area (Å²) in [4.78, 5) is 1.32. The Morgan fingerprint density at radius 1 is 1.29 bits per heavy atom. The number of hydrogen-bond donors (Lipinski definition) is 1. The average molecular weight is 286 g/mol. The summed E-state index contributed by atoms with van der Waals surface area (Å²) in [6, 6.07) is 10.0. The maximum absolute atomic E-state index is 6.16. The molecule has 1 unspecified atom stereocenters. The summed E-state index contributed by atoms with van der Waals surface area (Å²) >= 11 is 13.8. The van der Waals surface area contributed by atoms with Crippen LogP contribution in [0.1, 0.15) is 23.4 Å². The van der Waals surface area contributed by atoms with Gasteiger partial charge in [0.05, 0.1) is 0 Å². The lowest BCUT2D eigenvalue weighted by Gasteiger charge is -2.15. The SMILES string of the molecule is CC(NCc1cccs1)c1ccc(Cl)cc1Cl. The first kappa shape index (κ1) is 12.9. The van der Waals surface area contributed by atoms with Crippen LogP contribution in [0.5, 0.6) is 0 Å². The van der Waals surface area contributed by atoms with E-state index in [1.807, 2.05) is 12.1 Å². The zero-order valence-corrected chi connectivity index (χ0v) is 11.7. The average Bonchev–Trinajstić information content (AvgIpc) is 2.78. The van der Waals surface area contributed by atoms with Crippen LogP contribution in [0.15, 0.2) is 35.7 Å². The number of hydrogen-bond acceptors (Lipinski definition) is 2. The first-order chi connectivity index (χ1) is 8.16. The van der Waals surface area contributed by atoms with Crippen LogP contribution in [0.3, 0.4) is 0 Å². The van der Waals surface area contributed by atoms with Crippen molar-refractivity contribution in [2.24, 2.45) is 0 Å². The zero-order chi connectivity index (χ0) is 12.3. The van der Waals surface area contributed by atoms with Gasteiger partial charge in [0, 0.05) is 27.5 Å². The Morgan fingerprint density at radius 3 is 2.76 bits per heavy atom. The van der Waals surface area contributed by atoms with Gasteiger partial charge in [-0.3, -0.25) is 0 Å². The third-order valence-corrected chi connectivity index (χ3v) is 4.03. The fourth-order valence-corrected chi connectivity index (χ4v) is 2.86. The summed E-state index contributed by atoms with van der Waals surface area (Å²) in [5.74, 6) is 0. The molecule has 0 radical (unpaired) electrons. The molecule has 1 aromatic carbocycles. The minimum Gasteiger partial charge on any atom is -0.305 e. The predicted octanol–water partition coefficient (Wildman–Crippen LogP) is 4.91. The van der Waals surface area contributed by atoms with Crippen molar-refractivity contribution in [1.29, 1.82) is 0 Å². The molecule has 0 aliphatic carbocycles. The highest BCUT2D eigenvalue weighted by molar-refractivity contribution is 7.09. The molecule has 0 amide bonds. The van der Waals surface area contributed by atoms with Gasteiger partial charge in [0.2, 0.25) is 0 Å². The minimum atomic E-state index is 0.210. The highest BCUT2D eigenvalue weighted by Crippen LogP contribution is 2.26. The minimum absolute atomic E-state index is 0.210. The lowest BCUT2D eigenvalue weighted by molar-refractivity contribution is 0.579. The molecule has 17 heavy (non-hydrogen) atoms. The van der Waals surface area contributed by atoms with E-state index in [2.05, 4.69) is 29.8 Å². The normalized spacial score (nSPS) is 12.6. The van der Waals surface area contributed by atoms with Crippen LogP contribution in [0.25, 0.3) is 0 Å². The van der Waals surface area contributed by atoms with E-state index in [9.17, 15) is 0 Å². The molecule has 1 nitrogen and oxygen atoms in total. The van der Waals surface area contributed by atoms with Gasteiger partial charge in [-0.1, -0.05) is 35.3 Å². The molecule has 0 spiro atoms. The molecule has 1 aromatic heterocycles. The van der Waals surface area contributed by atoms with Gasteiger partial charge in [-0.2, -0.15) is 0 Å². The standard InChI is InChI=1S/C13H13Cl2NS/c1-9(16-8-11-3-2-6-17-11)12-5-4-10(14)7-13(12)15/h2-7,9,16H,8H2,1H3. The third-order valence-electron chi connectivity index (χ3n) is 2.59. The van der Waals surface area contributed by atoms with E-state index in [1.165, 1.54) is 4.88 Å². The summed E-state index contributed by atoms with van der Waals surface area (Å²) in [6.07, 6.45) is 0. The Hall–Kier alpha value is -0.540. The van der Waals surface area contributed by atoms with Crippen molar-refractivity contribution in [3.63, 3.8) is 0 Å². The highest BCUT2D eigenvalue weighted by atomic mass is 35.5. The Bertz CT molecular complexity index is 482. The smallest absolute Gasteiger partial charge is 0.0468 e. The maximum atomic E-state index is 6.16. The quantitative estimate of drug-likeness (QED) is 0.842. The largest absolute Gasteiger partial charge is 0.305 e. The first-order valence-electron chi connectivity index (χ1n) is 5.37. The van der Waals surface area contributed by atoms with E-state index in [0.29, 0.717) is 10.0 Å². The molecule has 4 heteroatoms. The summed E-state index contributed by atoms with van der Waals surface area (Å²) in [5, 5.41) is 6.91. The van der Waals surface area contributed by atoms with Crippen molar-refractivity contribution in [3.8, 4) is 0 Å². The van der Waals surface area contributed by atoms with Gasteiger partial charge in [-0.05, 0) is 36.1 Å². The third kappa shape index (κ3) is 3.46. The number of halogens is 2. The van der Waals surface area contributed by atoms with Crippen LogP contribution in [-0.4, -0.2) is 0 Å². The maximum Gasteiger partial charge on any atom is 0.0468 e. The van der Waals surface area contributed by atoms with Crippen molar-refractivity contribution < 1.29 is 0 Å². The molecule has 2 rings (SSSR count). The van der Waals surface area contributed by atoms with E-state index in [1.54, 1.807) is 17.4 Å². The van der Waals surface area contributed by atoms with Crippen LogP contribution >= 0.6 is 34.5 Å². The van der Waals surface area contributed by atoms with Crippen LogP contribution in [0, 0.1) is 0 Å². The summed E-state index contributed by atoms with van der Waals surface area (Å²) < 4.78 is 0. The van der Waals surface area contributed by atoms with E-state index >= 15 is 0 Å². The fourth-order valence-electron chi connectivity index (χ4n) is 1.63. The second-order valence-electron chi connectivity index (χ2n) is 3.85. The molecule has 90 valence electrons. The molecule has 0 saturated carbocycles. The van der Waals surface area contributed by atoms with E-state index in [4.69, 9.17) is 23.2 Å². The second-order valence-corrected chi connectivity index (χ2v) is 5.72. The van der Waals surface area contributed by atoms with Crippen molar-refractivity contribution in [2.75, 3.05) is 0 Å². The first-order valence-corrected chi connectivity index (χ1v) is 7.01. The van der Waals surface area contributed by atoms with Crippen molar-refractivity contribution in [3.05, 3.63) is 56.2 Å². The molecule has 1 atom stereocenters. The van der Waals surface area contributed by atoms with Gasteiger partial charge in [0.15, 0.2) is 0 Å². The Kier molecular flexibility index (Phi) is 4.46. The van der Waals surface area contributed by atoms with Crippen LogP contribution < -0.4 is 5.32 Å². The monoisotopic (exact) mass is 285 g/mol. The fraction of sp³-hybridized carbons (Fsp3) is 0.231. The van der Waals surface area contributed by atoms with Crippen LogP contribution in [0.4, 0.5) is 0 Å². The summed E-state index contributed by atoms with van der Waals surface area (Å²) in [6.45, 7) is 2.96. The number of thiophene rings is 1. The van der Waals surface area contributed by atoms with Crippen LogP contribution in [-0.2, 0) is 6.54 Å². The lowest BCUT2D eigenvalue weighted by atomic mass is 10.1. The number of nitrogens with one attached hydrogen (secondary N) is 1. The van der Waals surface area contributed by atoms with Crippen molar-refractivity contribution >= 4 is 34.5 Å². The van der Waals surface area contributed by atoms with E-state index < -0.39 is 0 Å². The Morgan fingerprint density at radius 2 is 2.12 bits per heavy atom. The Labute approximate surface area is 115 Å². The topological polar surface area (TPSA) is 12.0 Å². The molecule has 1 N–H and O–H groups in total. The van der Waals surface area contributed by atoms with Gasteiger partial charge in [-0.15, -0.1) is 11.3 Å². The molecule has 0 saturated heterocycles. The molecular formula is C13H13Cl2NS. The van der Waals surface area contributed by atoms with Crippen molar-refractivity contribution in [1.82, 2.24) is 5.32 Å². The zero-order valence-electron chi connectivity index (χ0n) is 9.41. The van der Waals surface area contributed by atoms with Crippen molar-refractivity contribution in [2.45, 2.75) is 19.5 Å². The molecule has 0 bridgehead atoms. The number of benzene rings is 1. The Balaban J connectivity index is 2.01. The molecular weight excluding hydrogens is 273 g/mol. The molecule has 0 fully saturated rings. The predicted molar refractivity (Wildman–Crippen MR) is 76.0 cm³/mol. The molecule has 0 aliphatic heterocycles. The molecule has 0 aliphatic rings. The van der Waals surface area contributed by atoms with Gasteiger partial charge in [-0.25, -0.2) is 0 Å². The van der Waals surface area contributed by atoms with Gasteiger partial charge < -0.3 is 5.32 Å².